The van der Waals surface area contributed by atoms with Gasteiger partial charge in [-0.1, -0.05) is 66.4 Å². The van der Waals surface area contributed by atoms with Gasteiger partial charge in [0.1, 0.15) is 10.3 Å². The van der Waals surface area contributed by atoms with Crippen molar-refractivity contribution in [3.63, 3.8) is 0 Å². The molecule has 0 amide bonds. The normalized spacial score (nSPS) is 15.8. The highest BCUT2D eigenvalue weighted by molar-refractivity contribution is 6.37. The van der Waals surface area contributed by atoms with E-state index in [2.05, 4.69) is 14.9 Å². The number of rotatable bonds is 2. The number of halogens is 2. The average Bonchev–Trinajstić information content (AvgIpc) is 2.76. The van der Waals surface area contributed by atoms with Gasteiger partial charge in [-0.25, -0.2) is 9.97 Å². The van der Waals surface area contributed by atoms with Gasteiger partial charge in [0.2, 0.25) is 5.95 Å². The molecule has 0 N–H and O–H groups in total. The van der Waals surface area contributed by atoms with Crippen LogP contribution < -0.4 is 4.90 Å². The number of aromatic nitrogens is 2. The van der Waals surface area contributed by atoms with Crippen molar-refractivity contribution >= 4 is 29.2 Å². The highest BCUT2D eigenvalue weighted by atomic mass is 35.5. The van der Waals surface area contributed by atoms with Crippen LogP contribution in [0.3, 0.4) is 0 Å². The Labute approximate surface area is 134 Å². The summed E-state index contributed by atoms with van der Waals surface area (Å²) in [5.74, 6) is 0.645. The van der Waals surface area contributed by atoms with Crippen LogP contribution in [0.1, 0.15) is 25.7 Å². The van der Waals surface area contributed by atoms with Crippen LogP contribution in [0.2, 0.25) is 10.3 Å². The topological polar surface area (TPSA) is 29.0 Å². The van der Waals surface area contributed by atoms with Gasteiger partial charge in [-0.15, -0.1) is 0 Å². The highest BCUT2D eigenvalue weighted by Gasteiger charge is 2.18. The van der Waals surface area contributed by atoms with E-state index in [9.17, 15) is 0 Å². The molecule has 0 spiro atoms. The van der Waals surface area contributed by atoms with Crippen molar-refractivity contribution in [1.29, 1.82) is 0 Å². The fourth-order valence-electron chi connectivity index (χ4n) is 2.65. The SMILES string of the molecule is Clc1nc(N2CCCCCC2)nc(Cl)c1-c1ccccc1. The zero-order valence-corrected chi connectivity index (χ0v) is 13.2. The maximum atomic E-state index is 6.37. The number of hydrogen-bond donors (Lipinski definition) is 0. The predicted molar refractivity (Wildman–Crippen MR) is 88.2 cm³/mol. The van der Waals surface area contributed by atoms with E-state index >= 15 is 0 Å². The second-order valence-electron chi connectivity index (χ2n) is 5.25. The Bertz CT molecular complexity index is 585. The van der Waals surface area contributed by atoms with Crippen LogP contribution in [-0.2, 0) is 0 Å². The molecule has 2 aromatic rings. The maximum Gasteiger partial charge on any atom is 0.228 e. The van der Waals surface area contributed by atoms with Gasteiger partial charge in [0.15, 0.2) is 0 Å². The van der Waals surface area contributed by atoms with Gasteiger partial charge in [-0.2, -0.15) is 0 Å². The Balaban J connectivity index is 1.96. The molecule has 0 atom stereocenters. The number of benzene rings is 1. The molecule has 5 heteroatoms. The highest BCUT2D eigenvalue weighted by Crippen LogP contribution is 2.34. The first-order valence-electron chi connectivity index (χ1n) is 7.29. The second-order valence-corrected chi connectivity index (χ2v) is 5.96. The molecule has 0 aliphatic carbocycles. The van der Waals surface area contributed by atoms with Crippen LogP contribution in [-0.4, -0.2) is 23.1 Å². The molecule has 21 heavy (non-hydrogen) atoms. The summed E-state index contributed by atoms with van der Waals surface area (Å²) in [7, 11) is 0. The molecule has 110 valence electrons. The van der Waals surface area contributed by atoms with E-state index in [1.807, 2.05) is 30.3 Å². The van der Waals surface area contributed by atoms with E-state index in [0.717, 1.165) is 18.7 Å². The van der Waals surface area contributed by atoms with Crippen molar-refractivity contribution in [3.8, 4) is 11.1 Å². The van der Waals surface area contributed by atoms with E-state index in [1.165, 1.54) is 25.7 Å². The first kappa shape index (κ1) is 14.6. The molecule has 0 bridgehead atoms. The molecule has 1 aromatic carbocycles. The molecule has 3 rings (SSSR count). The van der Waals surface area contributed by atoms with E-state index in [4.69, 9.17) is 23.2 Å². The lowest BCUT2D eigenvalue weighted by Gasteiger charge is -2.21. The molecule has 0 unspecified atom stereocenters. The summed E-state index contributed by atoms with van der Waals surface area (Å²) in [5.41, 5.74) is 1.65. The largest absolute Gasteiger partial charge is 0.341 e. The van der Waals surface area contributed by atoms with E-state index in [-0.39, 0.29) is 0 Å². The number of nitrogens with zero attached hydrogens (tertiary/aromatic N) is 3. The fraction of sp³-hybridized carbons (Fsp3) is 0.375. The van der Waals surface area contributed by atoms with Gasteiger partial charge in [-0.3, -0.25) is 0 Å². The second kappa shape index (κ2) is 6.63. The minimum Gasteiger partial charge on any atom is -0.341 e. The van der Waals surface area contributed by atoms with Crippen LogP contribution in [0.15, 0.2) is 30.3 Å². The summed E-state index contributed by atoms with van der Waals surface area (Å²) in [6, 6.07) is 9.78. The lowest BCUT2D eigenvalue weighted by atomic mass is 10.1. The molecule has 1 aliphatic heterocycles. The summed E-state index contributed by atoms with van der Waals surface area (Å²) in [6.45, 7) is 1.94. The van der Waals surface area contributed by atoms with Crippen LogP contribution in [0, 0.1) is 0 Å². The molecule has 2 heterocycles. The Kier molecular flexibility index (Phi) is 4.61. The Morgan fingerprint density at radius 2 is 1.38 bits per heavy atom. The quantitative estimate of drug-likeness (QED) is 0.742. The van der Waals surface area contributed by atoms with E-state index in [1.54, 1.807) is 0 Å². The molecular formula is C16H17Cl2N3. The predicted octanol–water partition coefficient (Wildman–Crippen LogP) is 4.83. The van der Waals surface area contributed by atoms with Crippen LogP contribution in [0.4, 0.5) is 5.95 Å². The van der Waals surface area contributed by atoms with Crippen molar-refractivity contribution in [1.82, 2.24) is 9.97 Å². The molecular weight excluding hydrogens is 305 g/mol. The van der Waals surface area contributed by atoms with Gasteiger partial charge in [0.05, 0.1) is 5.56 Å². The van der Waals surface area contributed by atoms with Crippen molar-refractivity contribution in [3.05, 3.63) is 40.6 Å². The summed E-state index contributed by atoms with van der Waals surface area (Å²) < 4.78 is 0. The molecule has 3 nitrogen and oxygen atoms in total. The number of hydrogen-bond acceptors (Lipinski definition) is 3. The lowest BCUT2D eigenvalue weighted by Crippen LogP contribution is -2.26. The molecule has 0 saturated carbocycles. The third-order valence-corrected chi connectivity index (χ3v) is 4.31. The van der Waals surface area contributed by atoms with Crippen molar-refractivity contribution < 1.29 is 0 Å². The first-order chi connectivity index (χ1) is 10.3. The molecule has 1 aliphatic rings. The van der Waals surface area contributed by atoms with Crippen molar-refractivity contribution in [2.75, 3.05) is 18.0 Å². The minimum atomic E-state index is 0.417. The standard InChI is InChI=1S/C16H17Cl2N3/c17-14-13(12-8-4-3-5-9-12)15(18)20-16(19-14)21-10-6-1-2-7-11-21/h3-5,8-9H,1-2,6-7,10-11H2. The van der Waals surface area contributed by atoms with Gasteiger partial charge in [-0.05, 0) is 18.4 Å². The van der Waals surface area contributed by atoms with E-state index < -0.39 is 0 Å². The lowest BCUT2D eigenvalue weighted by molar-refractivity contribution is 0.726. The van der Waals surface area contributed by atoms with Crippen LogP contribution >= 0.6 is 23.2 Å². The minimum absolute atomic E-state index is 0.417. The van der Waals surface area contributed by atoms with Crippen molar-refractivity contribution in [2.45, 2.75) is 25.7 Å². The zero-order chi connectivity index (χ0) is 14.7. The zero-order valence-electron chi connectivity index (χ0n) is 11.7. The number of anilines is 1. The Morgan fingerprint density at radius 3 is 1.95 bits per heavy atom. The summed E-state index contributed by atoms with van der Waals surface area (Å²) in [6.07, 6.45) is 4.86. The fourth-order valence-corrected chi connectivity index (χ4v) is 3.25. The Hall–Kier alpha value is -1.32. The van der Waals surface area contributed by atoms with Crippen LogP contribution in [0.25, 0.3) is 11.1 Å². The van der Waals surface area contributed by atoms with Crippen LogP contribution in [0.5, 0.6) is 0 Å². The molecule has 0 radical (unpaired) electrons. The maximum absolute atomic E-state index is 6.37. The van der Waals surface area contributed by atoms with E-state index in [0.29, 0.717) is 21.8 Å². The summed E-state index contributed by atoms with van der Waals surface area (Å²) in [4.78, 5) is 11.1. The first-order valence-corrected chi connectivity index (χ1v) is 8.05. The van der Waals surface area contributed by atoms with Gasteiger partial charge in [0.25, 0.3) is 0 Å². The molecule has 1 aromatic heterocycles. The summed E-state index contributed by atoms with van der Waals surface area (Å²) >= 11 is 12.7. The molecule has 1 saturated heterocycles. The monoisotopic (exact) mass is 321 g/mol. The third kappa shape index (κ3) is 3.30. The Morgan fingerprint density at radius 1 is 0.810 bits per heavy atom. The smallest absolute Gasteiger partial charge is 0.228 e. The van der Waals surface area contributed by atoms with Gasteiger partial charge < -0.3 is 4.90 Å². The molecule has 1 fully saturated rings. The summed E-state index contributed by atoms with van der Waals surface area (Å²) in [5, 5.41) is 0.834. The third-order valence-electron chi connectivity index (χ3n) is 3.76. The average molecular weight is 322 g/mol. The van der Waals surface area contributed by atoms with Crippen molar-refractivity contribution in [2.24, 2.45) is 0 Å². The van der Waals surface area contributed by atoms with Gasteiger partial charge >= 0.3 is 0 Å². The van der Waals surface area contributed by atoms with Gasteiger partial charge in [0, 0.05) is 13.1 Å².